The molecule has 1 heterocycles. The van der Waals surface area contributed by atoms with Gasteiger partial charge in [-0.05, 0) is 24.3 Å². The van der Waals surface area contributed by atoms with Gasteiger partial charge in [0.15, 0.2) is 0 Å². The van der Waals surface area contributed by atoms with Gasteiger partial charge in [0.1, 0.15) is 5.69 Å². The van der Waals surface area contributed by atoms with Crippen LogP contribution in [0.15, 0.2) is 73.2 Å². The number of aromatic nitrogens is 2. The van der Waals surface area contributed by atoms with E-state index in [4.69, 9.17) is 0 Å². The number of benzene rings is 2. The van der Waals surface area contributed by atoms with Crippen molar-refractivity contribution >= 4 is 23.2 Å². The largest absolute Gasteiger partial charge is 0.322 e. The van der Waals surface area contributed by atoms with E-state index in [0.29, 0.717) is 16.9 Å². The predicted molar refractivity (Wildman–Crippen MR) is 90.8 cm³/mol. The minimum atomic E-state index is -0.428. The van der Waals surface area contributed by atoms with Crippen molar-refractivity contribution in [3.8, 4) is 0 Å². The molecule has 0 spiro atoms. The predicted octanol–water partition coefficient (Wildman–Crippen LogP) is 2.98. The van der Waals surface area contributed by atoms with E-state index in [1.54, 1.807) is 36.4 Å². The Morgan fingerprint density at radius 2 is 1.54 bits per heavy atom. The van der Waals surface area contributed by atoms with Crippen molar-refractivity contribution in [2.75, 3.05) is 10.6 Å². The van der Waals surface area contributed by atoms with Gasteiger partial charge in [0.25, 0.3) is 11.8 Å². The van der Waals surface area contributed by atoms with Crippen LogP contribution in [0.5, 0.6) is 0 Å². The summed E-state index contributed by atoms with van der Waals surface area (Å²) in [6, 6.07) is 15.9. The van der Waals surface area contributed by atoms with E-state index in [1.807, 2.05) is 18.2 Å². The lowest BCUT2D eigenvalue weighted by Crippen LogP contribution is -2.19. The van der Waals surface area contributed by atoms with Crippen LogP contribution in [0.3, 0.4) is 0 Å². The van der Waals surface area contributed by atoms with Crippen molar-refractivity contribution in [3.63, 3.8) is 0 Å². The Labute approximate surface area is 138 Å². The van der Waals surface area contributed by atoms with E-state index >= 15 is 0 Å². The molecule has 0 unspecified atom stereocenters. The summed E-state index contributed by atoms with van der Waals surface area (Å²) in [5, 5.41) is 5.48. The van der Waals surface area contributed by atoms with Crippen LogP contribution in [0.2, 0.25) is 0 Å². The van der Waals surface area contributed by atoms with Gasteiger partial charge in [0.05, 0.1) is 17.4 Å². The SMILES string of the molecule is O=C(Nc1ccccc1C(=O)Nc1ccccc1)c1cnccn1. The molecular weight excluding hydrogens is 304 g/mol. The molecule has 0 saturated heterocycles. The first-order chi connectivity index (χ1) is 11.7. The Balaban J connectivity index is 1.80. The molecule has 0 atom stereocenters. The third-order valence-electron chi connectivity index (χ3n) is 3.25. The molecule has 2 N–H and O–H groups in total. The highest BCUT2D eigenvalue weighted by atomic mass is 16.2. The van der Waals surface area contributed by atoms with Crippen LogP contribution in [0.1, 0.15) is 20.8 Å². The molecular formula is C18H14N4O2. The molecule has 0 aliphatic heterocycles. The molecule has 6 heteroatoms. The van der Waals surface area contributed by atoms with Gasteiger partial charge in [-0.15, -0.1) is 0 Å². The lowest BCUT2D eigenvalue weighted by molar-refractivity contribution is 0.102. The van der Waals surface area contributed by atoms with E-state index in [1.165, 1.54) is 18.6 Å². The van der Waals surface area contributed by atoms with Gasteiger partial charge in [-0.1, -0.05) is 30.3 Å². The maximum Gasteiger partial charge on any atom is 0.275 e. The Morgan fingerprint density at radius 3 is 2.29 bits per heavy atom. The molecule has 0 aliphatic rings. The summed E-state index contributed by atoms with van der Waals surface area (Å²) in [5.41, 5.74) is 1.62. The van der Waals surface area contributed by atoms with Gasteiger partial charge in [0.2, 0.25) is 0 Å². The van der Waals surface area contributed by atoms with Gasteiger partial charge in [-0.25, -0.2) is 4.98 Å². The van der Waals surface area contributed by atoms with Gasteiger partial charge in [0, 0.05) is 18.1 Å². The number of nitrogens with zero attached hydrogens (tertiary/aromatic N) is 2. The van der Waals surface area contributed by atoms with Crippen molar-refractivity contribution in [1.29, 1.82) is 0 Å². The van der Waals surface area contributed by atoms with Gasteiger partial charge < -0.3 is 10.6 Å². The number of nitrogens with one attached hydrogen (secondary N) is 2. The Morgan fingerprint density at radius 1 is 0.792 bits per heavy atom. The van der Waals surface area contributed by atoms with Gasteiger partial charge in [-0.2, -0.15) is 0 Å². The number of anilines is 2. The Bertz CT molecular complexity index is 851. The maximum absolute atomic E-state index is 12.5. The average molecular weight is 318 g/mol. The minimum absolute atomic E-state index is 0.177. The van der Waals surface area contributed by atoms with E-state index in [-0.39, 0.29) is 11.6 Å². The second-order valence-electron chi connectivity index (χ2n) is 4.91. The van der Waals surface area contributed by atoms with Crippen molar-refractivity contribution in [2.45, 2.75) is 0 Å². The zero-order valence-electron chi connectivity index (χ0n) is 12.6. The molecule has 0 fully saturated rings. The number of amides is 2. The summed E-state index contributed by atoms with van der Waals surface area (Å²) >= 11 is 0. The summed E-state index contributed by atoms with van der Waals surface area (Å²) in [5.74, 6) is -0.737. The van der Waals surface area contributed by atoms with E-state index in [0.717, 1.165) is 0 Å². The first-order valence-electron chi connectivity index (χ1n) is 7.27. The van der Waals surface area contributed by atoms with E-state index in [2.05, 4.69) is 20.6 Å². The number of carbonyl (C=O) groups is 2. The first-order valence-corrected chi connectivity index (χ1v) is 7.27. The summed E-state index contributed by atoms with van der Waals surface area (Å²) < 4.78 is 0. The zero-order chi connectivity index (χ0) is 16.8. The molecule has 118 valence electrons. The first kappa shape index (κ1) is 15.4. The Kier molecular flexibility index (Phi) is 4.57. The van der Waals surface area contributed by atoms with Crippen LogP contribution in [0, 0.1) is 0 Å². The van der Waals surface area contributed by atoms with Crippen LogP contribution in [0.25, 0.3) is 0 Å². The molecule has 0 radical (unpaired) electrons. The molecule has 6 nitrogen and oxygen atoms in total. The van der Waals surface area contributed by atoms with Crippen LogP contribution in [-0.2, 0) is 0 Å². The smallest absolute Gasteiger partial charge is 0.275 e. The van der Waals surface area contributed by atoms with Crippen molar-refractivity contribution in [1.82, 2.24) is 9.97 Å². The van der Waals surface area contributed by atoms with E-state index < -0.39 is 5.91 Å². The number of hydrogen-bond donors (Lipinski definition) is 2. The average Bonchev–Trinajstić information content (AvgIpc) is 2.63. The van der Waals surface area contributed by atoms with Crippen LogP contribution in [0.4, 0.5) is 11.4 Å². The molecule has 0 saturated carbocycles. The number of para-hydroxylation sites is 2. The van der Waals surface area contributed by atoms with E-state index in [9.17, 15) is 9.59 Å². The number of carbonyl (C=O) groups excluding carboxylic acids is 2. The number of hydrogen-bond acceptors (Lipinski definition) is 4. The van der Waals surface area contributed by atoms with Crippen LogP contribution < -0.4 is 10.6 Å². The lowest BCUT2D eigenvalue weighted by Gasteiger charge is -2.11. The summed E-state index contributed by atoms with van der Waals surface area (Å²) in [4.78, 5) is 32.5. The molecule has 1 aromatic heterocycles. The van der Waals surface area contributed by atoms with Crippen LogP contribution >= 0.6 is 0 Å². The quantitative estimate of drug-likeness (QED) is 0.774. The molecule has 2 amide bonds. The van der Waals surface area contributed by atoms with Crippen molar-refractivity contribution < 1.29 is 9.59 Å². The zero-order valence-corrected chi connectivity index (χ0v) is 12.6. The fourth-order valence-electron chi connectivity index (χ4n) is 2.11. The third kappa shape index (κ3) is 3.61. The second-order valence-corrected chi connectivity index (χ2v) is 4.91. The summed E-state index contributed by atoms with van der Waals surface area (Å²) in [6.45, 7) is 0. The molecule has 0 bridgehead atoms. The lowest BCUT2D eigenvalue weighted by atomic mass is 10.1. The highest BCUT2D eigenvalue weighted by Gasteiger charge is 2.14. The minimum Gasteiger partial charge on any atom is -0.322 e. The monoisotopic (exact) mass is 318 g/mol. The molecule has 24 heavy (non-hydrogen) atoms. The third-order valence-corrected chi connectivity index (χ3v) is 3.25. The second kappa shape index (κ2) is 7.15. The molecule has 3 rings (SSSR count). The topological polar surface area (TPSA) is 84.0 Å². The van der Waals surface area contributed by atoms with Crippen LogP contribution in [-0.4, -0.2) is 21.8 Å². The molecule has 3 aromatic rings. The fourth-order valence-corrected chi connectivity index (χ4v) is 2.11. The maximum atomic E-state index is 12.5. The van der Waals surface area contributed by atoms with Gasteiger partial charge >= 0.3 is 0 Å². The van der Waals surface area contributed by atoms with Gasteiger partial charge in [-0.3, -0.25) is 14.6 Å². The highest BCUT2D eigenvalue weighted by molar-refractivity contribution is 6.12. The molecule has 0 aliphatic carbocycles. The van der Waals surface area contributed by atoms with Crippen molar-refractivity contribution in [3.05, 3.63) is 84.4 Å². The van der Waals surface area contributed by atoms with Crippen molar-refractivity contribution in [2.24, 2.45) is 0 Å². The standard InChI is InChI=1S/C18H14N4O2/c23-17(21-13-6-2-1-3-7-13)14-8-4-5-9-15(14)22-18(24)16-12-19-10-11-20-16/h1-12H,(H,21,23)(H,22,24). The number of rotatable bonds is 4. The normalized spacial score (nSPS) is 10.0. The molecule has 2 aromatic carbocycles. The Hall–Kier alpha value is -3.54. The summed E-state index contributed by atoms with van der Waals surface area (Å²) in [6.07, 6.45) is 4.28. The highest BCUT2D eigenvalue weighted by Crippen LogP contribution is 2.18. The fraction of sp³-hybridized carbons (Fsp3) is 0. The summed E-state index contributed by atoms with van der Waals surface area (Å²) in [7, 11) is 0.